The zero-order chi connectivity index (χ0) is 27.6. The molecular formula is C31H42O6. The van der Waals surface area contributed by atoms with Gasteiger partial charge in [-0.2, -0.15) is 0 Å². The molecule has 202 valence electrons. The number of aromatic hydroxyl groups is 1. The summed E-state index contributed by atoms with van der Waals surface area (Å²) in [5.74, 6) is 0.825. The maximum atomic E-state index is 12.3. The Balaban J connectivity index is 0.000000206. The molecule has 6 heteroatoms. The first-order chi connectivity index (χ1) is 17.4. The van der Waals surface area contributed by atoms with Crippen molar-refractivity contribution in [2.75, 3.05) is 7.11 Å². The molecular weight excluding hydrogens is 468 g/mol. The topological polar surface area (TPSA) is 82.1 Å². The van der Waals surface area contributed by atoms with Gasteiger partial charge in [-0.25, -0.2) is 9.59 Å². The number of fused-ring (bicyclic) bond motifs is 2. The number of hydrogen-bond donors (Lipinski definition) is 1. The van der Waals surface area contributed by atoms with Crippen LogP contribution in [0, 0.1) is 39.5 Å². The van der Waals surface area contributed by atoms with E-state index in [0.717, 1.165) is 52.6 Å². The Bertz CT molecular complexity index is 1180. The standard InChI is InChI=1S/C16H22O3.C15H20O3/c1-6-9(2)13-8-12-10(3)7-11(4)15(18-5)14(12)16(17)19-13;1-5-8(2)12-7-11-9(3)6-10(4)14(16)13(11)15(17)18-12/h7,9,13H,6,8H2,1-5H3;6,8,12,16H,5,7H2,1-4H3. The first-order valence-electron chi connectivity index (χ1n) is 13.4. The molecule has 0 aromatic heterocycles. The smallest absolute Gasteiger partial charge is 0.342 e. The summed E-state index contributed by atoms with van der Waals surface area (Å²) in [6.07, 6.45) is 3.39. The SMILES string of the molecule is CCC(C)C1Cc2c(C)cc(C)c(O)c2C(=O)O1.CCC(C)C1Cc2c(C)cc(C)c(OC)c2C(=O)O1. The Labute approximate surface area is 221 Å². The van der Waals surface area contributed by atoms with E-state index in [1.165, 1.54) is 0 Å². The summed E-state index contributed by atoms with van der Waals surface area (Å²) in [6, 6.07) is 4.02. The molecule has 2 aromatic carbocycles. The van der Waals surface area contributed by atoms with Crippen molar-refractivity contribution in [2.45, 2.75) is 93.3 Å². The summed E-state index contributed by atoms with van der Waals surface area (Å²) in [5.41, 5.74) is 6.95. The van der Waals surface area contributed by atoms with E-state index in [0.29, 0.717) is 35.1 Å². The number of methoxy groups -OCH3 is 1. The van der Waals surface area contributed by atoms with E-state index in [1.54, 1.807) is 14.0 Å². The van der Waals surface area contributed by atoms with Crippen LogP contribution in [-0.4, -0.2) is 36.4 Å². The summed E-state index contributed by atoms with van der Waals surface area (Å²) in [5, 5.41) is 10.0. The Morgan fingerprint density at radius 1 is 0.811 bits per heavy atom. The molecule has 0 fully saturated rings. The van der Waals surface area contributed by atoms with Gasteiger partial charge in [0.2, 0.25) is 0 Å². The molecule has 4 unspecified atom stereocenters. The van der Waals surface area contributed by atoms with Crippen LogP contribution in [0.3, 0.4) is 0 Å². The number of esters is 2. The van der Waals surface area contributed by atoms with Crippen molar-refractivity contribution in [3.63, 3.8) is 0 Å². The molecule has 0 saturated carbocycles. The van der Waals surface area contributed by atoms with Crippen LogP contribution >= 0.6 is 0 Å². The summed E-state index contributed by atoms with van der Waals surface area (Å²) in [6.45, 7) is 16.2. The van der Waals surface area contributed by atoms with E-state index in [-0.39, 0.29) is 29.9 Å². The lowest BCUT2D eigenvalue weighted by molar-refractivity contribution is 0.00938. The first kappa shape index (κ1) is 28.5. The Morgan fingerprint density at radius 3 is 1.70 bits per heavy atom. The van der Waals surface area contributed by atoms with Gasteiger partial charge in [0, 0.05) is 12.8 Å². The van der Waals surface area contributed by atoms with Gasteiger partial charge in [0.05, 0.1) is 7.11 Å². The summed E-state index contributed by atoms with van der Waals surface area (Å²) in [7, 11) is 1.60. The molecule has 0 spiro atoms. The summed E-state index contributed by atoms with van der Waals surface area (Å²) < 4.78 is 16.4. The number of cyclic esters (lactones) is 2. The second kappa shape index (κ2) is 11.6. The van der Waals surface area contributed by atoms with Crippen LogP contribution in [0.15, 0.2) is 12.1 Å². The third-order valence-corrected chi connectivity index (χ3v) is 8.11. The number of benzene rings is 2. The number of phenols is 1. The molecule has 37 heavy (non-hydrogen) atoms. The maximum absolute atomic E-state index is 12.3. The highest BCUT2D eigenvalue weighted by molar-refractivity contribution is 5.97. The molecule has 2 heterocycles. The van der Waals surface area contributed by atoms with E-state index in [4.69, 9.17) is 14.2 Å². The minimum atomic E-state index is -0.383. The molecule has 2 aliphatic rings. The van der Waals surface area contributed by atoms with E-state index in [1.807, 2.05) is 19.9 Å². The molecule has 4 rings (SSSR count). The van der Waals surface area contributed by atoms with Crippen LogP contribution in [0.4, 0.5) is 0 Å². The van der Waals surface area contributed by atoms with Crippen LogP contribution in [0.5, 0.6) is 11.5 Å². The normalized spacial score (nSPS) is 19.9. The van der Waals surface area contributed by atoms with Crippen molar-refractivity contribution >= 4 is 11.9 Å². The van der Waals surface area contributed by atoms with Gasteiger partial charge in [-0.15, -0.1) is 0 Å². The second-order valence-corrected chi connectivity index (χ2v) is 10.7. The molecule has 6 nitrogen and oxygen atoms in total. The predicted molar refractivity (Wildman–Crippen MR) is 145 cm³/mol. The lowest BCUT2D eigenvalue weighted by Gasteiger charge is -2.31. The van der Waals surface area contributed by atoms with Gasteiger partial charge >= 0.3 is 11.9 Å². The van der Waals surface area contributed by atoms with Gasteiger partial charge in [-0.1, -0.05) is 52.7 Å². The minimum Gasteiger partial charge on any atom is -0.507 e. The zero-order valence-electron chi connectivity index (χ0n) is 23.8. The van der Waals surface area contributed by atoms with E-state index in [9.17, 15) is 14.7 Å². The van der Waals surface area contributed by atoms with E-state index < -0.39 is 0 Å². The Hall–Kier alpha value is -3.02. The largest absolute Gasteiger partial charge is 0.507 e. The predicted octanol–water partition coefficient (Wildman–Crippen LogP) is 6.58. The Kier molecular flexibility index (Phi) is 8.93. The fraction of sp³-hybridized carbons (Fsp3) is 0.548. The fourth-order valence-corrected chi connectivity index (χ4v) is 5.29. The monoisotopic (exact) mass is 510 g/mol. The molecule has 2 aromatic rings. The maximum Gasteiger partial charge on any atom is 0.342 e. The molecule has 0 bridgehead atoms. The Morgan fingerprint density at radius 2 is 1.24 bits per heavy atom. The number of hydrogen-bond acceptors (Lipinski definition) is 6. The number of carbonyl (C=O) groups is 2. The van der Waals surface area contributed by atoms with Crippen molar-refractivity contribution in [1.82, 2.24) is 0 Å². The van der Waals surface area contributed by atoms with Gasteiger partial charge in [0.25, 0.3) is 0 Å². The highest BCUT2D eigenvalue weighted by Crippen LogP contribution is 2.37. The average Bonchev–Trinajstić information content (AvgIpc) is 2.86. The lowest BCUT2D eigenvalue weighted by Crippen LogP contribution is -2.33. The second-order valence-electron chi connectivity index (χ2n) is 10.7. The molecule has 0 saturated heterocycles. The number of carbonyl (C=O) groups excluding carboxylic acids is 2. The van der Waals surface area contributed by atoms with Crippen LogP contribution < -0.4 is 4.74 Å². The molecule has 1 N–H and O–H groups in total. The van der Waals surface area contributed by atoms with Crippen molar-refractivity contribution in [3.8, 4) is 11.5 Å². The number of aryl methyl sites for hydroxylation is 4. The van der Waals surface area contributed by atoms with E-state index >= 15 is 0 Å². The van der Waals surface area contributed by atoms with Crippen LogP contribution in [0.25, 0.3) is 0 Å². The number of rotatable bonds is 5. The molecule has 0 radical (unpaired) electrons. The minimum absolute atomic E-state index is 0.0175. The van der Waals surface area contributed by atoms with Crippen molar-refractivity contribution < 1.29 is 28.9 Å². The molecule has 2 aliphatic heterocycles. The van der Waals surface area contributed by atoms with Crippen molar-refractivity contribution in [1.29, 1.82) is 0 Å². The van der Waals surface area contributed by atoms with Gasteiger partial charge in [-0.3, -0.25) is 0 Å². The van der Waals surface area contributed by atoms with Crippen molar-refractivity contribution in [2.24, 2.45) is 11.8 Å². The zero-order valence-corrected chi connectivity index (χ0v) is 23.8. The highest BCUT2D eigenvalue weighted by Gasteiger charge is 2.34. The molecule has 4 atom stereocenters. The third kappa shape index (κ3) is 5.63. The summed E-state index contributed by atoms with van der Waals surface area (Å²) >= 11 is 0. The van der Waals surface area contributed by atoms with Crippen LogP contribution in [-0.2, 0) is 22.3 Å². The fourth-order valence-electron chi connectivity index (χ4n) is 5.29. The van der Waals surface area contributed by atoms with Crippen LogP contribution in [0.2, 0.25) is 0 Å². The van der Waals surface area contributed by atoms with Crippen LogP contribution in [0.1, 0.15) is 94.6 Å². The third-order valence-electron chi connectivity index (χ3n) is 8.11. The highest BCUT2D eigenvalue weighted by atomic mass is 16.6. The van der Waals surface area contributed by atoms with E-state index in [2.05, 4.69) is 40.7 Å². The molecule has 0 amide bonds. The molecule has 0 aliphatic carbocycles. The lowest BCUT2D eigenvalue weighted by atomic mass is 9.87. The van der Waals surface area contributed by atoms with Gasteiger partial charge in [-0.05, 0) is 72.9 Å². The summed E-state index contributed by atoms with van der Waals surface area (Å²) in [4.78, 5) is 24.4. The quantitative estimate of drug-likeness (QED) is 0.458. The van der Waals surface area contributed by atoms with Gasteiger partial charge < -0.3 is 19.3 Å². The number of phenolic OH excluding ortho intramolecular Hbond substituents is 1. The van der Waals surface area contributed by atoms with Gasteiger partial charge in [0.15, 0.2) is 0 Å². The van der Waals surface area contributed by atoms with Crippen molar-refractivity contribution in [3.05, 3.63) is 56.6 Å². The first-order valence-corrected chi connectivity index (χ1v) is 13.4. The number of ether oxygens (including phenoxy) is 3. The van der Waals surface area contributed by atoms with Gasteiger partial charge in [0.1, 0.15) is 34.8 Å². The average molecular weight is 511 g/mol.